The second-order valence-electron chi connectivity index (χ2n) is 9.05. The van der Waals surface area contributed by atoms with Gasteiger partial charge in [-0.05, 0) is 49.9 Å². The third kappa shape index (κ3) is 4.91. The first-order valence-corrected chi connectivity index (χ1v) is 12.9. The van der Waals surface area contributed by atoms with Gasteiger partial charge >= 0.3 is 0 Å². The molecule has 2 aromatic heterocycles. The number of nitrogens with zero attached hydrogens (tertiary/aromatic N) is 4. The van der Waals surface area contributed by atoms with E-state index in [1.807, 2.05) is 17.8 Å². The Morgan fingerprint density at radius 2 is 1.94 bits per heavy atom. The van der Waals surface area contributed by atoms with Crippen molar-refractivity contribution < 1.29 is 17.5 Å². The third-order valence-electron chi connectivity index (χ3n) is 6.87. The SMILES string of the molecule is C[C@H]1CCCCC[C@H](c2ccnn2C)[C@]1(C)Oc1ccc(S(=O)(=O)Nc2ccncn2)c(F)c1. The molecule has 0 spiro atoms. The van der Waals surface area contributed by atoms with E-state index in [2.05, 4.69) is 33.6 Å². The van der Waals surface area contributed by atoms with Crippen molar-refractivity contribution in [3.8, 4) is 5.75 Å². The van der Waals surface area contributed by atoms with E-state index in [9.17, 15) is 8.42 Å². The molecule has 2 heterocycles. The maximum absolute atomic E-state index is 15.1. The molecule has 0 radical (unpaired) electrons. The zero-order valence-corrected chi connectivity index (χ0v) is 20.4. The predicted molar refractivity (Wildman–Crippen MR) is 126 cm³/mol. The first-order chi connectivity index (χ1) is 16.2. The van der Waals surface area contributed by atoms with Gasteiger partial charge in [0.15, 0.2) is 0 Å². The van der Waals surface area contributed by atoms with Crippen LogP contribution in [0, 0.1) is 11.7 Å². The average Bonchev–Trinajstić information content (AvgIpc) is 3.20. The molecule has 3 aromatic rings. The largest absolute Gasteiger partial charge is 0.486 e. The van der Waals surface area contributed by atoms with E-state index in [4.69, 9.17) is 4.74 Å². The number of halogens is 1. The Morgan fingerprint density at radius 1 is 1.15 bits per heavy atom. The highest BCUT2D eigenvalue weighted by Gasteiger charge is 2.44. The molecule has 8 nitrogen and oxygen atoms in total. The summed E-state index contributed by atoms with van der Waals surface area (Å²) < 4.78 is 51.1. The predicted octanol–water partition coefficient (Wildman–Crippen LogP) is 4.67. The van der Waals surface area contributed by atoms with E-state index in [1.165, 1.54) is 30.7 Å². The Balaban J connectivity index is 1.64. The summed E-state index contributed by atoms with van der Waals surface area (Å²) in [5.74, 6) is -0.289. The lowest BCUT2D eigenvalue weighted by molar-refractivity contribution is -0.00911. The highest BCUT2D eigenvalue weighted by Crippen LogP contribution is 2.44. The van der Waals surface area contributed by atoms with Gasteiger partial charge in [-0.15, -0.1) is 0 Å². The van der Waals surface area contributed by atoms with Gasteiger partial charge in [-0.3, -0.25) is 9.40 Å². The number of aryl methyl sites for hydroxylation is 1. The van der Waals surface area contributed by atoms with Crippen LogP contribution in [0.5, 0.6) is 5.75 Å². The van der Waals surface area contributed by atoms with Gasteiger partial charge in [0.25, 0.3) is 10.0 Å². The molecule has 0 saturated heterocycles. The number of sulfonamides is 1. The maximum Gasteiger partial charge on any atom is 0.265 e. The topological polar surface area (TPSA) is 99.0 Å². The maximum atomic E-state index is 15.1. The van der Waals surface area contributed by atoms with Crippen molar-refractivity contribution in [1.29, 1.82) is 0 Å². The lowest BCUT2D eigenvalue weighted by Gasteiger charge is -2.44. The van der Waals surface area contributed by atoms with Gasteiger partial charge in [0.1, 0.15) is 34.2 Å². The smallest absolute Gasteiger partial charge is 0.265 e. The minimum atomic E-state index is -4.16. The van der Waals surface area contributed by atoms with Crippen molar-refractivity contribution in [1.82, 2.24) is 19.7 Å². The highest BCUT2D eigenvalue weighted by atomic mass is 32.2. The van der Waals surface area contributed by atoms with E-state index >= 15 is 4.39 Å². The summed E-state index contributed by atoms with van der Waals surface area (Å²) in [5.41, 5.74) is 0.449. The Kier molecular flexibility index (Phi) is 6.88. The lowest BCUT2D eigenvalue weighted by Crippen LogP contribution is -2.46. The van der Waals surface area contributed by atoms with Crippen molar-refractivity contribution in [3.63, 3.8) is 0 Å². The van der Waals surface area contributed by atoms with E-state index in [0.717, 1.165) is 43.9 Å². The summed E-state index contributed by atoms with van der Waals surface area (Å²) in [7, 11) is -2.24. The average molecular weight is 488 g/mol. The third-order valence-corrected chi connectivity index (χ3v) is 8.26. The quantitative estimate of drug-likeness (QED) is 0.542. The fourth-order valence-corrected chi connectivity index (χ4v) is 5.86. The first kappa shape index (κ1) is 24.1. The second-order valence-corrected chi connectivity index (χ2v) is 10.7. The fourth-order valence-electron chi connectivity index (χ4n) is 4.79. The zero-order valence-electron chi connectivity index (χ0n) is 19.6. The number of hydrogen-bond donors (Lipinski definition) is 1. The molecule has 1 aromatic carbocycles. The normalized spacial score (nSPS) is 23.6. The van der Waals surface area contributed by atoms with Crippen LogP contribution in [0.1, 0.15) is 57.6 Å². The molecule has 10 heteroatoms. The molecule has 1 aliphatic rings. The number of anilines is 1. The molecule has 3 atom stereocenters. The highest BCUT2D eigenvalue weighted by molar-refractivity contribution is 7.92. The Bertz CT molecular complexity index is 1230. The summed E-state index contributed by atoms with van der Waals surface area (Å²) in [5, 5.41) is 4.35. The molecule has 1 aliphatic carbocycles. The van der Waals surface area contributed by atoms with Crippen molar-refractivity contribution in [2.75, 3.05) is 4.72 Å². The minimum absolute atomic E-state index is 0.0567. The Morgan fingerprint density at radius 3 is 2.62 bits per heavy atom. The van der Waals surface area contributed by atoms with Crippen molar-refractivity contribution in [2.24, 2.45) is 13.0 Å². The van der Waals surface area contributed by atoms with Crippen LogP contribution < -0.4 is 9.46 Å². The van der Waals surface area contributed by atoms with Crippen LogP contribution in [0.4, 0.5) is 10.2 Å². The molecule has 4 rings (SSSR count). The van der Waals surface area contributed by atoms with Crippen molar-refractivity contribution in [2.45, 2.75) is 62.4 Å². The van der Waals surface area contributed by atoms with Crippen molar-refractivity contribution >= 4 is 15.8 Å². The van der Waals surface area contributed by atoms with Gasteiger partial charge in [0, 0.05) is 37.1 Å². The number of hydrogen-bond acceptors (Lipinski definition) is 6. The molecule has 1 fully saturated rings. The fraction of sp³-hybridized carbons (Fsp3) is 0.458. The Hall–Kier alpha value is -3.01. The van der Waals surface area contributed by atoms with Gasteiger partial charge in [-0.1, -0.05) is 26.2 Å². The number of benzene rings is 1. The second kappa shape index (κ2) is 9.69. The molecule has 0 unspecified atom stereocenters. The molecule has 0 amide bonds. The molecular formula is C24H30FN5O3S. The molecule has 0 aliphatic heterocycles. The number of aromatic nitrogens is 4. The molecular weight excluding hydrogens is 457 g/mol. The van der Waals surface area contributed by atoms with Crippen molar-refractivity contribution in [3.05, 3.63) is 60.6 Å². The van der Waals surface area contributed by atoms with Gasteiger partial charge in [0.2, 0.25) is 0 Å². The van der Waals surface area contributed by atoms with E-state index in [0.29, 0.717) is 5.75 Å². The summed E-state index contributed by atoms with van der Waals surface area (Å²) in [6.45, 7) is 4.23. The van der Waals surface area contributed by atoms with Crippen LogP contribution in [0.3, 0.4) is 0 Å². The van der Waals surface area contributed by atoms with Crippen LogP contribution in [-0.4, -0.2) is 33.8 Å². The van der Waals surface area contributed by atoms with E-state index < -0.39 is 26.3 Å². The van der Waals surface area contributed by atoms with Gasteiger partial charge < -0.3 is 4.74 Å². The Labute approximate surface area is 199 Å². The molecule has 1 saturated carbocycles. The minimum Gasteiger partial charge on any atom is -0.486 e. The lowest BCUT2D eigenvalue weighted by atomic mass is 9.71. The molecule has 1 N–H and O–H groups in total. The van der Waals surface area contributed by atoms with Gasteiger partial charge in [-0.2, -0.15) is 5.10 Å². The summed E-state index contributed by atoms with van der Waals surface area (Å²) >= 11 is 0. The summed E-state index contributed by atoms with van der Waals surface area (Å²) in [6, 6.07) is 7.28. The number of nitrogens with one attached hydrogen (secondary N) is 1. The van der Waals surface area contributed by atoms with Gasteiger partial charge in [-0.25, -0.2) is 22.8 Å². The van der Waals surface area contributed by atoms with Crippen LogP contribution in [0.25, 0.3) is 0 Å². The zero-order chi connectivity index (χ0) is 24.3. The molecule has 34 heavy (non-hydrogen) atoms. The van der Waals surface area contributed by atoms with Crippen LogP contribution in [-0.2, 0) is 17.1 Å². The summed E-state index contributed by atoms with van der Waals surface area (Å²) in [4.78, 5) is 7.10. The number of ether oxygens (including phenoxy) is 1. The van der Waals surface area contributed by atoms with E-state index in [1.54, 1.807) is 6.20 Å². The van der Waals surface area contributed by atoms with Crippen LogP contribution >= 0.6 is 0 Å². The standard InChI is InChI=1S/C24H30FN5O3S/c1-17-7-5-4-6-8-19(21-11-14-28-30(21)3)24(17,2)33-18-9-10-22(20(25)15-18)34(31,32)29-23-12-13-26-16-27-23/h9-17,19H,4-8H2,1-3H3,(H,26,27,29)/t17-,19+,24+/m0/s1. The van der Waals surface area contributed by atoms with E-state index in [-0.39, 0.29) is 17.7 Å². The number of rotatable bonds is 6. The first-order valence-electron chi connectivity index (χ1n) is 11.5. The monoisotopic (exact) mass is 487 g/mol. The van der Waals surface area contributed by atoms with Crippen LogP contribution in [0.15, 0.2) is 53.9 Å². The molecule has 0 bridgehead atoms. The summed E-state index contributed by atoms with van der Waals surface area (Å²) in [6.07, 6.45) is 9.65. The van der Waals surface area contributed by atoms with Crippen LogP contribution in [0.2, 0.25) is 0 Å². The van der Waals surface area contributed by atoms with Gasteiger partial charge in [0.05, 0.1) is 0 Å². The molecule has 182 valence electrons.